The normalized spacial score (nSPS) is 10.3. The van der Waals surface area contributed by atoms with Gasteiger partial charge in [-0.2, -0.15) is 0 Å². The van der Waals surface area contributed by atoms with Crippen LogP contribution in [0, 0.1) is 0 Å². The minimum absolute atomic E-state index is 0.0662. The molecule has 0 saturated carbocycles. The van der Waals surface area contributed by atoms with E-state index in [1.807, 2.05) is 0 Å². The lowest BCUT2D eigenvalue weighted by Crippen LogP contribution is -1.98. The fraction of sp³-hybridized carbons (Fsp3) is 0.222. The van der Waals surface area contributed by atoms with E-state index in [0.29, 0.717) is 0 Å². The van der Waals surface area contributed by atoms with Crippen LogP contribution in [0.15, 0.2) is 12.1 Å². The highest BCUT2D eigenvalue weighted by Crippen LogP contribution is 2.36. The molecule has 0 aliphatic heterocycles. The Bertz CT molecular complexity index is 352. The number of aromatic carboxylic acids is 1. The van der Waals surface area contributed by atoms with Crippen molar-refractivity contribution < 1.29 is 24.5 Å². The maximum atomic E-state index is 11.1. The van der Waals surface area contributed by atoms with E-state index in [9.17, 15) is 9.90 Å². The molecule has 0 unspecified atom stereocenters. The Kier molecular flexibility index (Phi) is 2.40. The van der Waals surface area contributed by atoms with Gasteiger partial charge in [-0.15, -0.1) is 0 Å². The van der Waals surface area contributed by atoms with Gasteiger partial charge in [0.05, 0.1) is 19.8 Å². The zero-order chi connectivity index (χ0) is 11.4. The molecule has 0 spiro atoms. The van der Waals surface area contributed by atoms with E-state index in [1.54, 1.807) is 0 Å². The quantitative estimate of drug-likeness (QED) is 0.762. The molecule has 76 valence electrons. The molecule has 0 bridgehead atoms. The number of aromatic hydroxyl groups is 1. The maximum absolute atomic E-state index is 11.1. The smallest absolute Gasteiger partial charge is 0.335 e. The Morgan fingerprint density at radius 3 is 2.21 bits per heavy atom. The number of rotatable bonds is 3. The standard InChI is InChI=1S/C9H10O5/c1-13-6-3-5(9(11)12)4-7(14-2)8(6)10/h3-4,10H,1-2H3,(H,11,12)/i/hD. The summed E-state index contributed by atoms with van der Waals surface area (Å²) < 4.78 is 16.1. The fourth-order valence-corrected chi connectivity index (χ4v) is 1.01. The molecule has 1 aromatic rings. The van der Waals surface area contributed by atoms with Crippen molar-refractivity contribution in [3.05, 3.63) is 17.7 Å². The summed E-state index contributed by atoms with van der Waals surface area (Å²) in [6.45, 7) is 0. The van der Waals surface area contributed by atoms with E-state index in [0.717, 1.165) is 0 Å². The summed E-state index contributed by atoms with van der Waals surface area (Å²) in [5.74, 6) is -0.905. The Labute approximate surface area is 82.0 Å². The molecule has 2 N–H and O–H groups in total. The van der Waals surface area contributed by atoms with Crippen molar-refractivity contribution in [2.75, 3.05) is 14.2 Å². The first-order chi connectivity index (χ1) is 7.13. The number of hydrogen-bond acceptors (Lipinski definition) is 5. The summed E-state index contributed by atoms with van der Waals surface area (Å²) in [6, 6.07) is 2.52. The van der Waals surface area contributed by atoms with Crippen LogP contribution in [0.4, 0.5) is 0 Å². The van der Waals surface area contributed by atoms with Crippen LogP contribution in [0.5, 0.6) is 17.2 Å². The van der Waals surface area contributed by atoms with Gasteiger partial charge in [0.25, 0.3) is 1.43 Å². The SMILES string of the molecule is [2H]OC(=O)c1cc(OC)c(O)c(OC)c1. The van der Waals surface area contributed by atoms with E-state index in [1.165, 1.54) is 26.4 Å². The number of phenolic OH excluding ortho intramolecular Hbond substituents is 1. The molecule has 0 heterocycles. The van der Waals surface area contributed by atoms with Crippen molar-refractivity contribution in [3.63, 3.8) is 0 Å². The minimum Gasteiger partial charge on any atom is -0.502 e. The fourth-order valence-electron chi connectivity index (χ4n) is 1.01. The number of methoxy groups -OCH3 is 2. The monoisotopic (exact) mass is 199 g/mol. The number of ether oxygens (including phenoxy) is 2. The minimum atomic E-state index is -0.855. The van der Waals surface area contributed by atoms with Crippen molar-refractivity contribution in [3.8, 4) is 17.2 Å². The highest BCUT2D eigenvalue weighted by atomic mass is 16.5. The van der Waals surface area contributed by atoms with E-state index in [4.69, 9.17) is 10.9 Å². The van der Waals surface area contributed by atoms with Crippen LogP contribution in [0.25, 0.3) is 1.43 Å². The lowest BCUT2D eigenvalue weighted by Gasteiger charge is -2.08. The van der Waals surface area contributed by atoms with Gasteiger partial charge in [0.1, 0.15) is 0 Å². The molecule has 1 rings (SSSR count). The van der Waals surface area contributed by atoms with Gasteiger partial charge in [0, 0.05) is 0 Å². The maximum Gasteiger partial charge on any atom is 0.335 e. The van der Waals surface area contributed by atoms with Crippen molar-refractivity contribution >= 4 is 5.97 Å². The average molecular weight is 199 g/mol. The van der Waals surface area contributed by atoms with Gasteiger partial charge < -0.3 is 19.7 Å². The summed E-state index contributed by atoms with van der Waals surface area (Å²) in [7, 11) is 2.68. The molecule has 14 heavy (non-hydrogen) atoms. The summed E-state index contributed by atoms with van der Waals surface area (Å²) in [4.78, 5) is 11.1. The Morgan fingerprint density at radius 2 is 1.86 bits per heavy atom. The number of carboxylic acid groups (broad SMARTS) is 1. The number of carboxylic acids is 1. The molecule has 0 radical (unpaired) electrons. The van der Waals surface area contributed by atoms with Crippen LogP contribution in [-0.2, 0) is 0 Å². The largest absolute Gasteiger partial charge is 0.502 e. The summed E-state index contributed by atoms with van der Waals surface area (Å²) in [5, 5.41) is 13.3. The van der Waals surface area contributed by atoms with Crippen LogP contribution >= 0.6 is 0 Å². The number of benzene rings is 1. The third-order valence-electron chi connectivity index (χ3n) is 1.72. The third-order valence-corrected chi connectivity index (χ3v) is 1.72. The van der Waals surface area contributed by atoms with E-state index < -0.39 is 5.97 Å². The summed E-state index contributed by atoms with van der Waals surface area (Å²) >= 11 is 0. The topological polar surface area (TPSA) is 76.0 Å². The van der Waals surface area contributed by atoms with Crippen molar-refractivity contribution in [1.29, 1.82) is 1.43 Å². The average Bonchev–Trinajstić information content (AvgIpc) is 2.28. The second kappa shape index (κ2) is 3.87. The van der Waals surface area contributed by atoms with E-state index in [-0.39, 0.29) is 22.8 Å². The molecular weight excluding hydrogens is 188 g/mol. The molecule has 0 atom stereocenters. The van der Waals surface area contributed by atoms with Gasteiger partial charge in [0.15, 0.2) is 11.5 Å². The number of carbonyl (C=O) groups is 1. The summed E-state index contributed by atoms with van der Waals surface area (Å²) in [5.41, 5.74) is 0.0662. The molecule has 0 saturated heterocycles. The van der Waals surface area contributed by atoms with Crippen molar-refractivity contribution in [2.45, 2.75) is 0 Å². The van der Waals surface area contributed by atoms with Crippen LogP contribution in [0.2, 0.25) is 0 Å². The van der Waals surface area contributed by atoms with Gasteiger partial charge in [-0.25, -0.2) is 4.79 Å². The van der Waals surface area contributed by atoms with Crippen LogP contribution in [-0.4, -0.2) is 30.4 Å². The van der Waals surface area contributed by atoms with Crippen molar-refractivity contribution in [2.24, 2.45) is 0 Å². The second-order valence-electron chi connectivity index (χ2n) is 2.52. The Hall–Kier alpha value is -1.91. The highest BCUT2D eigenvalue weighted by molar-refractivity contribution is 5.89. The molecule has 5 heteroatoms. The lowest BCUT2D eigenvalue weighted by atomic mass is 10.2. The zero-order valence-corrected chi connectivity index (χ0v) is 7.73. The van der Waals surface area contributed by atoms with Gasteiger partial charge in [0.2, 0.25) is 5.75 Å². The predicted molar refractivity (Wildman–Crippen MR) is 48.2 cm³/mol. The molecule has 0 aliphatic rings. The van der Waals surface area contributed by atoms with E-state index >= 15 is 0 Å². The number of hydrogen-bond donors (Lipinski definition) is 2. The molecular formula is C9H10O5. The molecule has 0 amide bonds. The Balaban J connectivity index is 3.26. The Morgan fingerprint density at radius 1 is 1.36 bits per heavy atom. The molecule has 1 aromatic carbocycles. The van der Waals surface area contributed by atoms with Crippen molar-refractivity contribution in [1.82, 2.24) is 0 Å². The lowest BCUT2D eigenvalue weighted by molar-refractivity contribution is 0.0696. The van der Waals surface area contributed by atoms with Gasteiger partial charge in [-0.3, -0.25) is 0 Å². The number of phenols is 1. The molecule has 0 fully saturated rings. The predicted octanol–water partition coefficient (Wildman–Crippen LogP) is 1.11. The van der Waals surface area contributed by atoms with Gasteiger partial charge in [-0.05, 0) is 12.1 Å². The van der Waals surface area contributed by atoms with E-state index in [2.05, 4.69) is 5.11 Å². The van der Waals surface area contributed by atoms with Crippen LogP contribution in [0.3, 0.4) is 0 Å². The van der Waals surface area contributed by atoms with Crippen LogP contribution < -0.4 is 9.47 Å². The highest BCUT2D eigenvalue weighted by Gasteiger charge is 2.14. The zero-order valence-electron chi connectivity index (χ0n) is 8.73. The first kappa shape index (κ1) is 8.68. The molecule has 0 aromatic heterocycles. The third kappa shape index (κ3) is 1.71. The first-order valence-electron chi connectivity index (χ1n) is 4.17. The van der Waals surface area contributed by atoms with Gasteiger partial charge in [-0.1, -0.05) is 0 Å². The first-order valence-corrected chi connectivity index (χ1v) is 3.76. The summed E-state index contributed by atoms with van der Waals surface area (Å²) in [6.07, 6.45) is 0. The van der Waals surface area contributed by atoms with Crippen LogP contribution in [0.1, 0.15) is 10.4 Å². The second-order valence-corrected chi connectivity index (χ2v) is 2.52. The molecule has 0 aliphatic carbocycles. The van der Waals surface area contributed by atoms with Gasteiger partial charge >= 0.3 is 5.97 Å². The molecule has 5 nitrogen and oxygen atoms in total.